The van der Waals surface area contributed by atoms with Gasteiger partial charge in [-0.15, -0.1) is 12.4 Å². The van der Waals surface area contributed by atoms with Crippen LogP contribution in [-0.2, 0) is 4.74 Å². The van der Waals surface area contributed by atoms with Crippen molar-refractivity contribution in [2.45, 2.75) is 32.4 Å². The number of β-amino-alcohol motifs (C(OH)–C–C–N with tert-alkyl or cyclic N) is 1. The minimum atomic E-state index is -0.653. The van der Waals surface area contributed by atoms with Crippen molar-refractivity contribution in [1.82, 2.24) is 5.32 Å². The van der Waals surface area contributed by atoms with Gasteiger partial charge in [0.05, 0.1) is 7.11 Å². The highest BCUT2D eigenvalue weighted by molar-refractivity contribution is 5.92. The fourth-order valence-corrected chi connectivity index (χ4v) is 1.54. The minimum Gasteiger partial charge on any atom is -0.490 e. The number of hydrogen-bond acceptors (Lipinski definition) is 5. The molecule has 128 valence electrons. The number of aliphatic hydroxyl groups is 1. The predicted octanol–water partition coefficient (Wildman–Crippen LogP) is 1.20. The average molecular weight is 336 g/mol. The molecule has 1 rings (SSSR count). The molecule has 0 saturated carbocycles. The maximum absolute atomic E-state index is 11.6. The molecule has 1 aromatic carbocycles. The maximum atomic E-state index is 11.6. The Morgan fingerprint density at radius 3 is 2.45 bits per heavy atom. The van der Waals surface area contributed by atoms with Crippen LogP contribution in [0.15, 0.2) is 24.3 Å². The molecular weight excluding hydrogens is 310 g/mol. The lowest BCUT2D eigenvalue weighted by Crippen LogP contribution is -2.42. The monoisotopic (exact) mass is 335 g/mol. The van der Waals surface area contributed by atoms with Crippen LogP contribution >= 0.6 is 12.4 Å². The van der Waals surface area contributed by atoms with Gasteiger partial charge in [-0.25, -0.2) is 4.79 Å². The van der Waals surface area contributed by atoms with Crippen LogP contribution in [0.1, 0.15) is 31.1 Å². The Balaban J connectivity index is 0. The van der Waals surface area contributed by atoms with Gasteiger partial charge in [-0.05, 0) is 32.9 Å². The molecule has 1 aromatic rings. The number of para-hydroxylation sites is 1. The quantitative estimate of drug-likeness (QED) is 0.761. The smallest absolute Gasteiger partial charge is 0.341 e. The first-order valence-electron chi connectivity index (χ1n) is 6.56. The van der Waals surface area contributed by atoms with E-state index in [1.165, 1.54) is 7.11 Å². The number of esters is 1. The largest absolute Gasteiger partial charge is 0.490 e. The molecule has 0 spiro atoms. The Morgan fingerprint density at radius 1 is 1.32 bits per heavy atom. The van der Waals surface area contributed by atoms with Crippen molar-refractivity contribution in [1.29, 1.82) is 0 Å². The van der Waals surface area contributed by atoms with Gasteiger partial charge in [-0.2, -0.15) is 0 Å². The molecule has 6 nitrogen and oxygen atoms in total. The van der Waals surface area contributed by atoms with Gasteiger partial charge in [-0.1, -0.05) is 12.1 Å². The van der Waals surface area contributed by atoms with E-state index in [1.807, 2.05) is 20.8 Å². The summed E-state index contributed by atoms with van der Waals surface area (Å²) in [5, 5.41) is 13.0. The number of halogens is 1. The molecule has 0 aliphatic carbocycles. The van der Waals surface area contributed by atoms with Gasteiger partial charge in [0.25, 0.3) is 0 Å². The molecule has 0 heterocycles. The van der Waals surface area contributed by atoms with Gasteiger partial charge in [0.2, 0.25) is 0 Å². The SMILES string of the molecule is COC(=O)c1ccccc1OCC(O)CNC(C)(C)C.Cl.O. The molecule has 1 atom stereocenters. The number of carbonyl (C=O) groups is 1. The summed E-state index contributed by atoms with van der Waals surface area (Å²) in [5.74, 6) is -0.0444. The highest BCUT2D eigenvalue weighted by Gasteiger charge is 2.15. The summed E-state index contributed by atoms with van der Waals surface area (Å²) < 4.78 is 10.2. The van der Waals surface area contributed by atoms with Crippen molar-refractivity contribution in [2.24, 2.45) is 0 Å². The molecular formula is C15H26ClNO5. The van der Waals surface area contributed by atoms with E-state index >= 15 is 0 Å². The summed E-state index contributed by atoms with van der Waals surface area (Å²) in [4.78, 5) is 11.6. The summed E-state index contributed by atoms with van der Waals surface area (Å²) in [5.41, 5.74) is 0.288. The zero-order chi connectivity index (χ0) is 15.2. The number of methoxy groups -OCH3 is 1. The van der Waals surface area contributed by atoms with Gasteiger partial charge in [0.15, 0.2) is 0 Å². The van der Waals surface area contributed by atoms with Gasteiger partial charge < -0.3 is 25.4 Å². The van der Waals surface area contributed by atoms with Crippen molar-refractivity contribution < 1.29 is 24.9 Å². The number of benzene rings is 1. The van der Waals surface area contributed by atoms with E-state index in [-0.39, 0.29) is 30.0 Å². The average Bonchev–Trinajstić information content (AvgIpc) is 2.41. The Morgan fingerprint density at radius 2 is 1.91 bits per heavy atom. The normalized spacial score (nSPS) is 11.7. The van der Waals surface area contributed by atoms with Crippen LogP contribution in [0.5, 0.6) is 5.75 Å². The third kappa shape index (κ3) is 8.19. The van der Waals surface area contributed by atoms with Crippen LogP contribution in [0.2, 0.25) is 0 Å². The van der Waals surface area contributed by atoms with Crippen LogP contribution < -0.4 is 10.1 Å². The number of carbonyl (C=O) groups excluding carboxylic acids is 1. The van der Waals surface area contributed by atoms with E-state index in [2.05, 4.69) is 10.1 Å². The van der Waals surface area contributed by atoms with Crippen LogP contribution in [0.3, 0.4) is 0 Å². The Hall–Kier alpha value is -1.34. The van der Waals surface area contributed by atoms with E-state index in [9.17, 15) is 9.90 Å². The lowest BCUT2D eigenvalue weighted by Gasteiger charge is -2.23. The summed E-state index contributed by atoms with van der Waals surface area (Å²) >= 11 is 0. The maximum Gasteiger partial charge on any atom is 0.341 e. The first-order valence-corrected chi connectivity index (χ1v) is 6.56. The van der Waals surface area contributed by atoms with Crippen LogP contribution in [-0.4, -0.2) is 48.5 Å². The van der Waals surface area contributed by atoms with Gasteiger partial charge in [0.1, 0.15) is 24.0 Å². The topological polar surface area (TPSA) is 99.3 Å². The molecule has 0 aromatic heterocycles. The van der Waals surface area contributed by atoms with Crippen molar-refractivity contribution >= 4 is 18.4 Å². The Bertz CT molecular complexity index is 448. The van der Waals surface area contributed by atoms with Crippen molar-refractivity contribution in [3.63, 3.8) is 0 Å². The molecule has 4 N–H and O–H groups in total. The molecule has 0 radical (unpaired) electrons. The second-order valence-electron chi connectivity index (χ2n) is 5.58. The van der Waals surface area contributed by atoms with E-state index < -0.39 is 12.1 Å². The molecule has 0 aliphatic rings. The molecule has 7 heteroatoms. The summed E-state index contributed by atoms with van der Waals surface area (Å²) in [6.45, 7) is 6.59. The molecule has 1 unspecified atom stereocenters. The number of ether oxygens (including phenoxy) is 2. The molecule has 22 heavy (non-hydrogen) atoms. The van der Waals surface area contributed by atoms with Gasteiger partial charge >= 0.3 is 5.97 Å². The van der Waals surface area contributed by atoms with E-state index in [0.717, 1.165) is 0 Å². The zero-order valence-corrected chi connectivity index (χ0v) is 14.2. The van der Waals surface area contributed by atoms with Crippen LogP contribution in [0.4, 0.5) is 0 Å². The van der Waals surface area contributed by atoms with E-state index in [0.29, 0.717) is 17.9 Å². The van der Waals surface area contributed by atoms with Crippen molar-refractivity contribution in [2.75, 3.05) is 20.3 Å². The summed E-state index contributed by atoms with van der Waals surface area (Å²) in [6, 6.07) is 6.80. The highest BCUT2D eigenvalue weighted by atomic mass is 35.5. The number of rotatable bonds is 6. The minimum absolute atomic E-state index is 0. The third-order valence-electron chi connectivity index (χ3n) is 2.59. The lowest BCUT2D eigenvalue weighted by molar-refractivity contribution is 0.0588. The first-order chi connectivity index (χ1) is 9.33. The predicted molar refractivity (Wildman–Crippen MR) is 87.9 cm³/mol. The summed E-state index contributed by atoms with van der Waals surface area (Å²) in [6.07, 6.45) is -0.653. The Kier molecular flexibility index (Phi) is 10.8. The fourth-order valence-electron chi connectivity index (χ4n) is 1.54. The molecule has 0 aliphatic heterocycles. The molecule has 0 fully saturated rings. The third-order valence-corrected chi connectivity index (χ3v) is 2.59. The second-order valence-corrected chi connectivity index (χ2v) is 5.58. The number of nitrogens with one attached hydrogen (secondary N) is 1. The van der Waals surface area contributed by atoms with E-state index in [4.69, 9.17) is 4.74 Å². The zero-order valence-electron chi connectivity index (χ0n) is 13.4. The van der Waals surface area contributed by atoms with Crippen LogP contribution in [0, 0.1) is 0 Å². The van der Waals surface area contributed by atoms with Gasteiger partial charge in [0, 0.05) is 12.1 Å². The fraction of sp³-hybridized carbons (Fsp3) is 0.533. The molecule has 0 bridgehead atoms. The van der Waals surface area contributed by atoms with E-state index in [1.54, 1.807) is 24.3 Å². The standard InChI is InChI=1S/C15H23NO4.ClH.H2O/c1-15(2,3)16-9-11(17)10-20-13-8-6-5-7-12(13)14(18)19-4;;/h5-8,11,16-17H,9-10H2,1-4H3;1H;1H2. The first kappa shape index (κ1) is 22.9. The Labute approximate surface area is 137 Å². The van der Waals surface area contributed by atoms with Gasteiger partial charge in [-0.3, -0.25) is 0 Å². The number of hydrogen-bond donors (Lipinski definition) is 2. The van der Waals surface area contributed by atoms with Crippen molar-refractivity contribution in [3.05, 3.63) is 29.8 Å². The number of aliphatic hydroxyl groups excluding tert-OH is 1. The van der Waals surface area contributed by atoms with Crippen LogP contribution in [0.25, 0.3) is 0 Å². The summed E-state index contributed by atoms with van der Waals surface area (Å²) in [7, 11) is 1.32. The van der Waals surface area contributed by atoms with Crippen molar-refractivity contribution in [3.8, 4) is 5.75 Å². The lowest BCUT2D eigenvalue weighted by atomic mass is 10.1. The second kappa shape index (κ2) is 10.4. The molecule has 0 saturated heterocycles. The highest BCUT2D eigenvalue weighted by Crippen LogP contribution is 2.18. The molecule has 0 amide bonds.